The van der Waals surface area contributed by atoms with Crippen LogP contribution >= 0.6 is 11.3 Å². The normalized spacial score (nSPS) is 10.6. The van der Waals surface area contributed by atoms with E-state index < -0.39 is 5.97 Å². The monoisotopic (exact) mass is 432 g/mol. The van der Waals surface area contributed by atoms with E-state index in [1.807, 2.05) is 60.7 Å². The number of thiophene rings is 1. The second kappa shape index (κ2) is 9.40. The summed E-state index contributed by atoms with van der Waals surface area (Å²) in [6.07, 6.45) is 0.558. The smallest absolute Gasteiger partial charge is 0.348 e. The number of carbonyl (C=O) groups is 2. The Morgan fingerprint density at radius 2 is 1.65 bits per heavy atom. The van der Waals surface area contributed by atoms with Crippen LogP contribution in [0.1, 0.15) is 22.0 Å². The fraction of sp³-hybridized carbons (Fsp3) is 0.125. The summed E-state index contributed by atoms with van der Waals surface area (Å²) >= 11 is 1.17. The number of aromatic nitrogens is 1. The van der Waals surface area contributed by atoms with Crippen molar-refractivity contribution in [3.63, 3.8) is 0 Å². The molecule has 6 nitrogen and oxygen atoms in total. The van der Waals surface area contributed by atoms with E-state index in [0.717, 1.165) is 16.8 Å². The van der Waals surface area contributed by atoms with Crippen molar-refractivity contribution >= 4 is 28.2 Å². The number of anilines is 1. The summed E-state index contributed by atoms with van der Waals surface area (Å²) in [5.41, 5.74) is 2.64. The van der Waals surface area contributed by atoms with Gasteiger partial charge in [0.15, 0.2) is 11.7 Å². The number of nitrogens with one attached hydrogen (secondary N) is 1. The molecule has 0 bridgehead atoms. The molecule has 2 aromatic carbocycles. The van der Waals surface area contributed by atoms with Gasteiger partial charge in [-0.2, -0.15) is 0 Å². The third kappa shape index (κ3) is 4.90. The van der Waals surface area contributed by atoms with Gasteiger partial charge in [0.2, 0.25) is 5.91 Å². The van der Waals surface area contributed by atoms with Gasteiger partial charge in [0.25, 0.3) is 0 Å². The third-order valence-corrected chi connectivity index (χ3v) is 5.56. The zero-order chi connectivity index (χ0) is 21.6. The molecule has 2 aromatic heterocycles. The van der Waals surface area contributed by atoms with Gasteiger partial charge in [0.1, 0.15) is 10.6 Å². The van der Waals surface area contributed by atoms with E-state index in [2.05, 4.69) is 15.0 Å². The molecule has 0 aliphatic heterocycles. The van der Waals surface area contributed by atoms with Crippen LogP contribution in [-0.2, 0) is 16.0 Å². The third-order valence-electron chi connectivity index (χ3n) is 4.58. The Labute approximate surface area is 183 Å². The minimum atomic E-state index is -0.424. The highest BCUT2D eigenvalue weighted by Gasteiger charge is 2.18. The zero-order valence-corrected chi connectivity index (χ0v) is 17.6. The predicted octanol–water partition coefficient (Wildman–Crippen LogP) is 5.43. The summed E-state index contributed by atoms with van der Waals surface area (Å²) in [6.45, 7) is 0. The minimum absolute atomic E-state index is 0.181. The maximum absolute atomic E-state index is 12.4. The topological polar surface area (TPSA) is 81.4 Å². The number of hydrogen-bond acceptors (Lipinski definition) is 6. The molecule has 0 radical (unpaired) electrons. The molecule has 1 N–H and O–H groups in total. The van der Waals surface area contributed by atoms with Gasteiger partial charge in [0, 0.05) is 24.0 Å². The highest BCUT2D eigenvalue weighted by molar-refractivity contribution is 7.18. The molecular weight excluding hydrogens is 412 g/mol. The van der Waals surface area contributed by atoms with E-state index in [1.165, 1.54) is 18.4 Å². The average Bonchev–Trinajstić information content (AvgIpc) is 3.46. The summed E-state index contributed by atoms with van der Waals surface area (Å²) < 4.78 is 10.7. The standard InChI is InChI=1S/C24H20N2O4S/c1-29-24(28)18-12-15-21(31-18)25-19(27)13-14-20-26-22(16-8-4-2-5-9-16)23(30-20)17-10-6-3-7-11-17/h2-12,15H,13-14H2,1H3,(H,25,27). The fourth-order valence-electron chi connectivity index (χ4n) is 3.08. The minimum Gasteiger partial charge on any atom is -0.465 e. The quantitative estimate of drug-likeness (QED) is 0.394. The molecular formula is C24H20N2O4S. The Bertz CT molecular complexity index is 1130. The van der Waals surface area contributed by atoms with Crippen molar-refractivity contribution in [1.82, 2.24) is 4.98 Å². The van der Waals surface area contributed by atoms with E-state index in [1.54, 1.807) is 12.1 Å². The lowest BCUT2D eigenvalue weighted by Crippen LogP contribution is -2.11. The molecule has 4 aromatic rings. The van der Waals surface area contributed by atoms with Crippen molar-refractivity contribution in [2.24, 2.45) is 0 Å². The lowest BCUT2D eigenvalue weighted by Gasteiger charge is -2.01. The summed E-state index contributed by atoms with van der Waals surface area (Å²) in [6, 6.07) is 22.9. The highest BCUT2D eigenvalue weighted by Crippen LogP contribution is 2.33. The summed E-state index contributed by atoms with van der Waals surface area (Å²) in [4.78, 5) is 29.0. The van der Waals surface area contributed by atoms with E-state index in [-0.39, 0.29) is 12.3 Å². The number of ether oxygens (including phenoxy) is 1. The number of carbonyl (C=O) groups excluding carboxylic acids is 2. The lowest BCUT2D eigenvalue weighted by molar-refractivity contribution is -0.116. The highest BCUT2D eigenvalue weighted by atomic mass is 32.1. The molecule has 1 amide bonds. The van der Waals surface area contributed by atoms with Gasteiger partial charge in [-0.1, -0.05) is 60.7 Å². The molecule has 0 fully saturated rings. The number of benzene rings is 2. The number of esters is 1. The molecule has 31 heavy (non-hydrogen) atoms. The van der Waals surface area contributed by atoms with Crippen molar-refractivity contribution in [2.75, 3.05) is 12.4 Å². The number of aryl methyl sites for hydroxylation is 1. The van der Waals surface area contributed by atoms with Gasteiger partial charge in [0.05, 0.1) is 12.1 Å². The van der Waals surface area contributed by atoms with Crippen LogP contribution in [0.25, 0.3) is 22.6 Å². The molecule has 156 valence electrons. The van der Waals surface area contributed by atoms with Crippen molar-refractivity contribution in [2.45, 2.75) is 12.8 Å². The molecule has 0 spiro atoms. The second-order valence-corrected chi connectivity index (χ2v) is 7.80. The SMILES string of the molecule is COC(=O)c1ccc(NC(=O)CCc2nc(-c3ccccc3)c(-c3ccccc3)o2)s1. The molecule has 0 aliphatic rings. The van der Waals surface area contributed by atoms with Gasteiger partial charge in [-0.3, -0.25) is 4.79 Å². The first-order chi connectivity index (χ1) is 15.1. The molecule has 0 aliphatic carbocycles. The van der Waals surface area contributed by atoms with E-state index in [0.29, 0.717) is 28.0 Å². The molecule has 2 heterocycles. The van der Waals surface area contributed by atoms with Gasteiger partial charge in [-0.25, -0.2) is 9.78 Å². The molecule has 0 unspecified atom stereocenters. The molecule has 4 rings (SSSR count). The van der Waals surface area contributed by atoms with Crippen LogP contribution in [0.3, 0.4) is 0 Å². The van der Waals surface area contributed by atoms with Crippen molar-refractivity contribution in [3.8, 4) is 22.6 Å². The van der Waals surface area contributed by atoms with Crippen LogP contribution in [0, 0.1) is 0 Å². The summed E-state index contributed by atoms with van der Waals surface area (Å²) in [5, 5.41) is 3.39. The average molecular weight is 433 g/mol. The van der Waals surface area contributed by atoms with Gasteiger partial charge < -0.3 is 14.5 Å². The van der Waals surface area contributed by atoms with E-state index in [9.17, 15) is 9.59 Å². The number of oxazole rings is 1. The van der Waals surface area contributed by atoms with Crippen LogP contribution < -0.4 is 5.32 Å². The number of nitrogens with zero attached hydrogens (tertiary/aromatic N) is 1. The summed E-state index contributed by atoms with van der Waals surface area (Å²) in [7, 11) is 1.32. The zero-order valence-electron chi connectivity index (χ0n) is 16.8. The Balaban J connectivity index is 1.48. The van der Waals surface area contributed by atoms with Crippen LogP contribution in [-0.4, -0.2) is 24.0 Å². The van der Waals surface area contributed by atoms with Crippen molar-refractivity contribution < 1.29 is 18.7 Å². The van der Waals surface area contributed by atoms with Crippen LogP contribution in [0.5, 0.6) is 0 Å². The number of amides is 1. The fourth-order valence-corrected chi connectivity index (χ4v) is 3.92. The second-order valence-electron chi connectivity index (χ2n) is 6.72. The molecule has 0 saturated heterocycles. The largest absolute Gasteiger partial charge is 0.465 e. The maximum atomic E-state index is 12.4. The summed E-state index contributed by atoms with van der Waals surface area (Å²) in [5.74, 6) is 0.573. The Kier molecular flexibility index (Phi) is 6.24. The van der Waals surface area contributed by atoms with Crippen LogP contribution in [0.4, 0.5) is 5.00 Å². The molecule has 0 saturated carbocycles. The van der Waals surface area contributed by atoms with E-state index in [4.69, 9.17) is 4.42 Å². The van der Waals surface area contributed by atoms with Crippen LogP contribution in [0.15, 0.2) is 77.2 Å². The number of rotatable bonds is 7. The van der Waals surface area contributed by atoms with Gasteiger partial charge in [-0.15, -0.1) is 11.3 Å². The Hall–Kier alpha value is -3.71. The first-order valence-electron chi connectivity index (χ1n) is 9.72. The van der Waals surface area contributed by atoms with Crippen molar-refractivity contribution in [1.29, 1.82) is 0 Å². The lowest BCUT2D eigenvalue weighted by atomic mass is 10.1. The number of hydrogen-bond donors (Lipinski definition) is 1. The number of methoxy groups -OCH3 is 1. The van der Waals surface area contributed by atoms with Crippen molar-refractivity contribution in [3.05, 3.63) is 83.6 Å². The van der Waals surface area contributed by atoms with Gasteiger partial charge >= 0.3 is 5.97 Å². The first-order valence-corrected chi connectivity index (χ1v) is 10.5. The first kappa shape index (κ1) is 20.6. The van der Waals surface area contributed by atoms with Crippen LogP contribution in [0.2, 0.25) is 0 Å². The van der Waals surface area contributed by atoms with Gasteiger partial charge in [-0.05, 0) is 12.1 Å². The van der Waals surface area contributed by atoms with E-state index >= 15 is 0 Å². The molecule has 0 atom stereocenters. The Morgan fingerprint density at radius 1 is 0.968 bits per heavy atom. The predicted molar refractivity (Wildman–Crippen MR) is 120 cm³/mol. The molecule has 7 heteroatoms. The Morgan fingerprint density at radius 3 is 2.32 bits per heavy atom. The maximum Gasteiger partial charge on any atom is 0.348 e.